The number of imidazole rings is 1. The SMILES string of the molecule is COc1cc(C(=O)N2CCC(CCN3CCC(C(=O)c4nc5ccccc5n4Cc4ccoc4)CC3)(c3ccccc3)C2)cc(OC)c1OC. The molecule has 0 radical (unpaired) electrons. The Morgan fingerprint density at radius 1 is 0.900 bits per heavy atom. The lowest BCUT2D eigenvalue weighted by Gasteiger charge is -2.36. The number of methoxy groups -OCH3 is 3. The number of nitrogens with zero attached hydrogens (tertiary/aromatic N) is 4. The molecule has 10 nitrogen and oxygen atoms in total. The third kappa shape index (κ3) is 6.47. The van der Waals surface area contributed by atoms with Gasteiger partial charge in [0.15, 0.2) is 17.3 Å². The highest BCUT2D eigenvalue weighted by atomic mass is 16.5. The number of carbonyl (C=O) groups excluding carboxylic acids is 2. The average Bonchev–Trinajstić information content (AvgIpc) is 3.94. The van der Waals surface area contributed by atoms with Crippen LogP contribution >= 0.6 is 0 Å². The summed E-state index contributed by atoms with van der Waals surface area (Å²) in [5, 5.41) is 0. The van der Waals surface area contributed by atoms with Crippen molar-refractivity contribution in [2.45, 2.75) is 37.6 Å². The maximum absolute atomic E-state index is 14.0. The summed E-state index contributed by atoms with van der Waals surface area (Å²) in [6, 6.07) is 23.9. The number of ether oxygens (including phenoxy) is 3. The number of Topliss-reactive ketones (excluding diaryl/α,β-unsaturated/α-hetero) is 1. The lowest BCUT2D eigenvalue weighted by Crippen LogP contribution is -2.41. The number of hydrogen-bond acceptors (Lipinski definition) is 8. The molecule has 0 saturated carbocycles. The minimum absolute atomic E-state index is 0.0554. The summed E-state index contributed by atoms with van der Waals surface area (Å²) in [5.74, 6) is 1.89. The van der Waals surface area contributed by atoms with Crippen molar-refractivity contribution in [2.24, 2.45) is 5.92 Å². The van der Waals surface area contributed by atoms with Gasteiger partial charge in [0.1, 0.15) is 0 Å². The number of aromatic nitrogens is 2. The smallest absolute Gasteiger partial charge is 0.254 e. The van der Waals surface area contributed by atoms with Crippen molar-refractivity contribution in [2.75, 3.05) is 54.1 Å². The number of para-hydroxylation sites is 2. The molecule has 2 aliphatic rings. The first-order valence-corrected chi connectivity index (χ1v) is 17.3. The van der Waals surface area contributed by atoms with Crippen LogP contribution < -0.4 is 14.2 Å². The van der Waals surface area contributed by atoms with E-state index in [0.717, 1.165) is 61.9 Å². The molecule has 2 saturated heterocycles. The van der Waals surface area contributed by atoms with Crippen molar-refractivity contribution in [1.82, 2.24) is 19.4 Å². The topological polar surface area (TPSA) is 99.3 Å². The Balaban J connectivity index is 1.03. The third-order valence-corrected chi connectivity index (χ3v) is 10.6. The van der Waals surface area contributed by atoms with Crippen LogP contribution in [0.5, 0.6) is 17.2 Å². The van der Waals surface area contributed by atoms with Crippen LogP contribution in [-0.2, 0) is 12.0 Å². The molecular weight excluding hydrogens is 632 g/mol. The first-order chi connectivity index (χ1) is 24.4. The Hall–Kier alpha value is -5.09. The van der Waals surface area contributed by atoms with Gasteiger partial charge in [-0.2, -0.15) is 0 Å². The number of piperidine rings is 1. The highest BCUT2D eigenvalue weighted by Gasteiger charge is 2.42. The number of benzene rings is 3. The van der Waals surface area contributed by atoms with Crippen molar-refractivity contribution in [1.29, 1.82) is 0 Å². The Morgan fingerprint density at radius 3 is 2.30 bits per heavy atom. The van der Waals surface area contributed by atoms with Gasteiger partial charge < -0.3 is 33.0 Å². The molecule has 50 heavy (non-hydrogen) atoms. The summed E-state index contributed by atoms with van der Waals surface area (Å²) in [7, 11) is 4.67. The van der Waals surface area contributed by atoms with Crippen LogP contribution in [0.4, 0.5) is 0 Å². The zero-order chi connectivity index (χ0) is 34.7. The summed E-state index contributed by atoms with van der Waals surface area (Å²) in [4.78, 5) is 37.1. The number of likely N-dealkylation sites (tertiary alicyclic amines) is 2. The molecule has 10 heteroatoms. The first-order valence-electron chi connectivity index (χ1n) is 17.3. The monoisotopic (exact) mass is 676 g/mol. The van der Waals surface area contributed by atoms with Gasteiger partial charge >= 0.3 is 0 Å². The fourth-order valence-electron chi connectivity index (χ4n) is 7.77. The van der Waals surface area contributed by atoms with Gasteiger partial charge in [-0.15, -0.1) is 0 Å². The van der Waals surface area contributed by atoms with Crippen LogP contribution in [0.3, 0.4) is 0 Å². The lowest BCUT2D eigenvalue weighted by atomic mass is 9.76. The molecule has 1 unspecified atom stereocenters. The van der Waals surface area contributed by atoms with Crippen LogP contribution in [0, 0.1) is 5.92 Å². The molecule has 2 fully saturated rings. The Kier molecular flexibility index (Phi) is 9.63. The van der Waals surface area contributed by atoms with Gasteiger partial charge in [0, 0.05) is 35.5 Å². The molecule has 0 aliphatic carbocycles. The molecule has 7 rings (SSSR count). The first kappa shape index (κ1) is 33.4. The van der Waals surface area contributed by atoms with E-state index in [0.29, 0.717) is 48.3 Å². The van der Waals surface area contributed by atoms with Crippen LogP contribution in [0.2, 0.25) is 0 Å². The number of ketones is 1. The van der Waals surface area contributed by atoms with E-state index in [1.165, 1.54) is 5.56 Å². The highest BCUT2D eigenvalue weighted by molar-refractivity contribution is 5.98. The van der Waals surface area contributed by atoms with Gasteiger partial charge in [-0.1, -0.05) is 42.5 Å². The number of furan rings is 1. The Labute approximate surface area is 292 Å². The summed E-state index contributed by atoms with van der Waals surface area (Å²) in [6.45, 7) is 4.39. The zero-order valence-electron chi connectivity index (χ0n) is 29.0. The highest BCUT2D eigenvalue weighted by Crippen LogP contribution is 2.41. The number of rotatable bonds is 12. The van der Waals surface area contributed by atoms with Gasteiger partial charge in [-0.3, -0.25) is 9.59 Å². The van der Waals surface area contributed by atoms with Crippen LogP contribution in [0.15, 0.2) is 89.7 Å². The third-order valence-electron chi connectivity index (χ3n) is 10.6. The van der Waals surface area contributed by atoms with Crippen LogP contribution in [0.1, 0.15) is 57.8 Å². The molecule has 2 aliphatic heterocycles. The molecule has 2 aromatic heterocycles. The van der Waals surface area contributed by atoms with Crippen molar-refractivity contribution >= 4 is 22.7 Å². The summed E-state index contributed by atoms with van der Waals surface area (Å²) >= 11 is 0. The maximum Gasteiger partial charge on any atom is 0.254 e. The standard InChI is InChI=1S/C40H44N4O6/c1-47-34-23-30(24-35(48-2)37(34)49-3)39(46)43-21-17-40(27-43,31-9-5-4-6-10-31)16-20-42-18-13-29(14-19-42)36(45)38-41-32-11-7-8-12-33(32)44(38)25-28-15-22-50-26-28/h4-12,15,22-24,26,29H,13-14,16-21,25,27H2,1-3H3. The lowest BCUT2D eigenvalue weighted by molar-refractivity contribution is 0.0777. The second-order valence-corrected chi connectivity index (χ2v) is 13.4. The van der Waals surface area contributed by atoms with Crippen molar-refractivity contribution in [3.63, 3.8) is 0 Å². The second-order valence-electron chi connectivity index (χ2n) is 13.4. The van der Waals surface area contributed by atoms with E-state index in [2.05, 4.69) is 29.2 Å². The normalized spacial score (nSPS) is 18.4. The zero-order valence-corrected chi connectivity index (χ0v) is 29.0. The predicted molar refractivity (Wildman–Crippen MR) is 190 cm³/mol. The second kappa shape index (κ2) is 14.4. The van der Waals surface area contributed by atoms with Crippen molar-refractivity contribution < 1.29 is 28.2 Å². The van der Waals surface area contributed by atoms with Gasteiger partial charge in [0.05, 0.1) is 51.4 Å². The Morgan fingerprint density at radius 2 is 1.62 bits per heavy atom. The van der Waals surface area contributed by atoms with E-state index in [-0.39, 0.29) is 23.0 Å². The number of carbonyl (C=O) groups is 2. The molecule has 1 atom stereocenters. The van der Waals surface area contributed by atoms with Crippen molar-refractivity contribution in [3.05, 3.63) is 108 Å². The van der Waals surface area contributed by atoms with E-state index < -0.39 is 0 Å². The number of fused-ring (bicyclic) bond motifs is 1. The Bertz CT molecular complexity index is 1920. The molecule has 3 aromatic carbocycles. The minimum atomic E-state index is -0.178. The van der Waals surface area contributed by atoms with Crippen LogP contribution in [-0.4, -0.2) is 85.1 Å². The maximum atomic E-state index is 14.0. The molecule has 0 bridgehead atoms. The number of hydrogen-bond donors (Lipinski definition) is 0. The average molecular weight is 677 g/mol. The molecule has 1 amide bonds. The molecule has 5 aromatic rings. The van der Waals surface area contributed by atoms with Crippen LogP contribution in [0.25, 0.3) is 11.0 Å². The van der Waals surface area contributed by atoms with Gasteiger partial charge in [0.25, 0.3) is 5.91 Å². The summed E-state index contributed by atoms with van der Waals surface area (Å²) in [6.07, 6.45) is 6.74. The molecule has 4 heterocycles. The van der Waals surface area contributed by atoms with E-state index in [9.17, 15) is 9.59 Å². The summed E-state index contributed by atoms with van der Waals surface area (Å²) in [5.41, 5.74) is 4.37. The van der Waals surface area contributed by atoms with Crippen molar-refractivity contribution in [3.8, 4) is 17.2 Å². The van der Waals surface area contributed by atoms with Gasteiger partial charge in [0.2, 0.25) is 11.5 Å². The fraction of sp³-hybridized carbons (Fsp3) is 0.375. The summed E-state index contributed by atoms with van der Waals surface area (Å²) < 4.78 is 23.9. The predicted octanol–water partition coefficient (Wildman–Crippen LogP) is 6.47. The van der Waals surface area contributed by atoms with Gasteiger partial charge in [-0.25, -0.2) is 4.98 Å². The van der Waals surface area contributed by atoms with E-state index in [4.69, 9.17) is 23.6 Å². The molecular formula is C40H44N4O6. The molecule has 0 N–H and O–H groups in total. The molecule has 0 spiro atoms. The van der Waals surface area contributed by atoms with Gasteiger partial charge in [-0.05, 0) is 81.2 Å². The number of amides is 1. The quantitative estimate of drug-likeness (QED) is 0.139. The fourth-order valence-corrected chi connectivity index (χ4v) is 7.77. The van der Waals surface area contributed by atoms with E-state index >= 15 is 0 Å². The van der Waals surface area contributed by atoms with E-state index in [1.807, 2.05) is 45.9 Å². The molecule has 260 valence electrons. The largest absolute Gasteiger partial charge is 0.493 e. The minimum Gasteiger partial charge on any atom is -0.493 e. The van der Waals surface area contributed by atoms with E-state index in [1.54, 1.807) is 46.0 Å².